The normalized spacial score (nSPS) is 19.5. The molecule has 4 nitrogen and oxygen atoms in total. The number of carbonyl (C=O) groups excluding carboxylic acids is 1. The summed E-state index contributed by atoms with van der Waals surface area (Å²) in [5, 5.41) is 0. The summed E-state index contributed by atoms with van der Waals surface area (Å²) in [6, 6.07) is 16.3. The number of likely N-dealkylation sites (N-methyl/N-ethyl adjacent to an activating group) is 1. The van der Waals surface area contributed by atoms with Crippen molar-refractivity contribution in [3.05, 3.63) is 65.2 Å². The molecule has 1 amide bonds. The van der Waals surface area contributed by atoms with Gasteiger partial charge in [-0.25, -0.2) is 0 Å². The highest BCUT2D eigenvalue weighted by molar-refractivity contribution is 5.94. The van der Waals surface area contributed by atoms with Gasteiger partial charge in [-0.05, 0) is 55.3 Å². The van der Waals surface area contributed by atoms with E-state index in [0.717, 1.165) is 24.3 Å². The van der Waals surface area contributed by atoms with Crippen LogP contribution >= 0.6 is 0 Å². The summed E-state index contributed by atoms with van der Waals surface area (Å²) in [7, 11) is 1.86. The van der Waals surface area contributed by atoms with Gasteiger partial charge in [-0.3, -0.25) is 9.69 Å². The summed E-state index contributed by atoms with van der Waals surface area (Å²) in [5.74, 6) is 1.01. The molecule has 1 unspecified atom stereocenters. The summed E-state index contributed by atoms with van der Waals surface area (Å²) in [5.41, 5.74) is 3.26. The number of ether oxygens (including phenoxy) is 1. The van der Waals surface area contributed by atoms with E-state index in [1.807, 2.05) is 37.4 Å². The van der Waals surface area contributed by atoms with E-state index in [2.05, 4.69) is 23.1 Å². The SMILES string of the molecule is CN(CC1Cc2ccccc2O1)C(=O)c1ccc(CN2CCCCCC2)cc1. The van der Waals surface area contributed by atoms with Crippen molar-refractivity contribution in [1.82, 2.24) is 9.80 Å². The third-order valence-electron chi connectivity index (χ3n) is 5.84. The Morgan fingerprint density at radius 2 is 1.75 bits per heavy atom. The Morgan fingerprint density at radius 3 is 2.46 bits per heavy atom. The van der Waals surface area contributed by atoms with Crippen molar-refractivity contribution < 1.29 is 9.53 Å². The molecule has 148 valence electrons. The molecule has 4 heteroatoms. The molecule has 2 aliphatic rings. The topological polar surface area (TPSA) is 32.8 Å². The molecular formula is C24H30N2O2. The highest BCUT2D eigenvalue weighted by Crippen LogP contribution is 2.28. The second-order valence-corrected chi connectivity index (χ2v) is 8.12. The molecule has 0 aliphatic carbocycles. The monoisotopic (exact) mass is 378 g/mol. The number of rotatable bonds is 5. The fourth-order valence-electron chi connectivity index (χ4n) is 4.27. The average Bonchev–Trinajstić information content (AvgIpc) is 2.94. The smallest absolute Gasteiger partial charge is 0.253 e. The highest BCUT2D eigenvalue weighted by Gasteiger charge is 2.25. The van der Waals surface area contributed by atoms with Crippen LogP contribution in [0.1, 0.15) is 47.2 Å². The lowest BCUT2D eigenvalue weighted by Gasteiger charge is -2.22. The second-order valence-electron chi connectivity index (χ2n) is 8.12. The lowest BCUT2D eigenvalue weighted by molar-refractivity contribution is 0.0730. The fourth-order valence-corrected chi connectivity index (χ4v) is 4.27. The van der Waals surface area contributed by atoms with Crippen molar-refractivity contribution in [2.75, 3.05) is 26.7 Å². The molecule has 0 N–H and O–H groups in total. The van der Waals surface area contributed by atoms with Crippen LogP contribution in [-0.4, -0.2) is 48.5 Å². The second kappa shape index (κ2) is 8.78. The Balaban J connectivity index is 1.31. The Morgan fingerprint density at radius 1 is 1.04 bits per heavy atom. The number of likely N-dealkylation sites (tertiary alicyclic amines) is 1. The van der Waals surface area contributed by atoms with Crippen LogP contribution < -0.4 is 4.74 Å². The minimum atomic E-state index is 0.0358. The molecule has 2 heterocycles. The van der Waals surface area contributed by atoms with E-state index in [4.69, 9.17) is 4.74 Å². The molecule has 2 aromatic rings. The molecule has 1 saturated heterocycles. The number of fused-ring (bicyclic) bond motifs is 1. The summed E-state index contributed by atoms with van der Waals surface area (Å²) in [4.78, 5) is 17.1. The molecule has 0 aromatic heterocycles. The molecule has 28 heavy (non-hydrogen) atoms. The van der Waals surface area contributed by atoms with E-state index in [0.29, 0.717) is 6.54 Å². The summed E-state index contributed by atoms with van der Waals surface area (Å²) >= 11 is 0. The van der Waals surface area contributed by atoms with Crippen LogP contribution in [0.5, 0.6) is 5.75 Å². The van der Waals surface area contributed by atoms with Crippen LogP contribution in [0.4, 0.5) is 0 Å². The Labute approximate surface area is 168 Å². The van der Waals surface area contributed by atoms with E-state index in [-0.39, 0.29) is 12.0 Å². The van der Waals surface area contributed by atoms with Gasteiger partial charge in [-0.2, -0.15) is 0 Å². The molecular weight excluding hydrogens is 348 g/mol. The van der Waals surface area contributed by atoms with Crippen LogP contribution in [0.15, 0.2) is 48.5 Å². The molecule has 0 saturated carbocycles. The van der Waals surface area contributed by atoms with Crippen molar-refractivity contribution in [2.45, 2.75) is 44.8 Å². The average molecular weight is 379 g/mol. The maximum Gasteiger partial charge on any atom is 0.253 e. The zero-order valence-electron chi connectivity index (χ0n) is 16.8. The van der Waals surface area contributed by atoms with Gasteiger partial charge in [0.25, 0.3) is 5.91 Å². The van der Waals surface area contributed by atoms with Crippen LogP contribution in [-0.2, 0) is 13.0 Å². The molecule has 0 spiro atoms. The van der Waals surface area contributed by atoms with Crippen LogP contribution in [0.2, 0.25) is 0 Å². The van der Waals surface area contributed by atoms with Crippen molar-refractivity contribution >= 4 is 5.91 Å². The Hall–Kier alpha value is -2.33. The minimum absolute atomic E-state index is 0.0358. The lowest BCUT2D eigenvalue weighted by Crippen LogP contribution is -2.36. The maximum absolute atomic E-state index is 12.8. The van der Waals surface area contributed by atoms with E-state index in [1.165, 1.54) is 49.9 Å². The van der Waals surface area contributed by atoms with Crippen LogP contribution in [0.25, 0.3) is 0 Å². The minimum Gasteiger partial charge on any atom is -0.488 e. The van der Waals surface area contributed by atoms with E-state index >= 15 is 0 Å². The van der Waals surface area contributed by atoms with Crippen LogP contribution in [0.3, 0.4) is 0 Å². The number of nitrogens with zero attached hydrogens (tertiary/aromatic N) is 2. The van der Waals surface area contributed by atoms with E-state index in [1.54, 1.807) is 4.90 Å². The van der Waals surface area contributed by atoms with Gasteiger partial charge in [0.2, 0.25) is 0 Å². The van der Waals surface area contributed by atoms with Crippen molar-refractivity contribution in [3.8, 4) is 5.75 Å². The third-order valence-corrected chi connectivity index (χ3v) is 5.84. The first-order chi connectivity index (χ1) is 13.7. The molecule has 2 aromatic carbocycles. The molecule has 0 bridgehead atoms. The first-order valence-electron chi connectivity index (χ1n) is 10.5. The Kier molecular flexibility index (Phi) is 5.96. The summed E-state index contributed by atoms with van der Waals surface area (Å²) in [6.07, 6.45) is 6.21. The molecule has 1 atom stereocenters. The van der Waals surface area contributed by atoms with E-state index in [9.17, 15) is 4.79 Å². The van der Waals surface area contributed by atoms with Crippen molar-refractivity contribution in [1.29, 1.82) is 0 Å². The first kappa shape index (κ1) is 19.0. The number of carbonyl (C=O) groups is 1. The van der Waals surface area contributed by atoms with Gasteiger partial charge in [0.05, 0.1) is 6.54 Å². The largest absolute Gasteiger partial charge is 0.488 e. The highest BCUT2D eigenvalue weighted by atomic mass is 16.5. The Bertz CT molecular complexity index is 770. The zero-order valence-corrected chi connectivity index (χ0v) is 16.8. The zero-order chi connectivity index (χ0) is 19.3. The third kappa shape index (κ3) is 4.56. The van der Waals surface area contributed by atoms with Gasteiger partial charge in [0.15, 0.2) is 0 Å². The van der Waals surface area contributed by atoms with Crippen molar-refractivity contribution in [3.63, 3.8) is 0 Å². The van der Waals surface area contributed by atoms with Gasteiger partial charge in [-0.1, -0.05) is 43.2 Å². The standard InChI is InChI=1S/C24H30N2O2/c1-25(18-22-16-21-8-4-5-9-23(21)28-22)24(27)20-12-10-19(11-13-20)17-26-14-6-2-3-7-15-26/h4-5,8-13,22H,2-3,6-7,14-18H2,1H3. The number of amides is 1. The fraction of sp³-hybridized carbons (Fsp3) is 0.458. The van der Waals surface area contributed by atoms with Gasteiger partial charge < -0.3 is 9.64 Å². The lowest BCUT2D eigenvalue weighted by atomic mass is 10.1. The van der Waals surface area contributed by atoms with Gasteiger partial charge in [0.1, 0.15) is 11.9 Å². The van der Waals surface area contributed by atoms with Gasteiger partial charge >= 0.3 is 0 Å². The number of hydrogen-bond acceptors (Lipinski definition) is 3. The first-order valence-corrected chi connectivity index (χ1v) is 10.5. The predicted molar refractivity (Wildman–Crippen MR) is 112 cm³/mol. The summed E-state index contributed by atoms with van der Waals surface area (Å²) < 4.78 is 5.98. The number of benzene rings is 2. The van der Waals surface area contributed by atoms with Crippen LogP contribution in [0, 0.1) is 0 Å². The summed E-state index contributed by atoms with van der Waals surface area (Å²) in [6.45, 7) is 3.96. The molecule has 2 aliphatic heterocycles. The predicted octanol–water partition coefficient (Wildman–Crippen LogP) is 4.14. The molecule has 1 fully saturated rings. The maximum atomic E-state index is 12.8. The molecule has 4 rings (SSSR count). The van der Waals surface area contributed by atoms with Gasteiger partial charge in [0, 0.05) is 25.6 Å². The van der Waals surface area contributed by atoms with E-state index < -0.39 is 0 Å². The number of hydrogen-bond donors (Lipinski definition) is 0. The van der Waals surface area contributed by atoms with Crippen molar-refractivity contribution in [2.24, 2.45) is 0 Å². The van der Waals surface area contributed by atoms with Gasteiger partial charge in [-0.15, -0.1) is 0 Å². The number of para-hydroxylation sites is 1. The molecule has 0 radical (unpaired) electrons. The quantitative estimate of drug-likeness (QED) is 0.784.